The number of hydrogen-bond acceptors (Lipinski definition) is 3. The first kappa shape index (κ1) is 15.2. The molecule has 0 aromatic heterocycles. The SMILES string of the molecule is CC(C)NC(=O)N1CCN(CCCCCN)CC1. The number of carbonyl (C=O) groups excluding carboxylic acids is 1. The molecule has 1 saturated heterocycles. The molecule has 1 aliphatic heterocycles. The van der Waals surface area contributed by atoms with Gasteiger partial charge in [0, 0.05) is 32.2 Å². The van der Waals surface area contributed by atoms with Crippen molar-refractivity contribution in [3.8, 4) is 0 Å². The summed E-state index contributed by atoms with van der Waals surface area (Å²) in [4.78, 5) is 16.2. The summed E-state index contributed by atoms with van der Waals surface area (Å²) >= 11 is 0. The lowest BCUT2D eigenvalue weighted by atomic mass is 10.2. The van der Waals surface area contributed by atoms with E-state index in [2.05, 4.69) is 10.2 Å². The number of amides is 2. The molecule has 1 heterocycles. The molecule has 0 radical (unpaired) electrons. The van der Waals surface area contributed by atoms with Crippen LogP contribution in [0.5, 0.6) is 0 Å². The quantitative estimate of drug-likeness (QED) is 0.693. The van der Waals surface area contributed by atoms with Crippen LogP contribution in [0, 0.1) is 0 Å². The number of urea groups is 1. The molecule has 1 rings (SSSR count). The molecule has 1 aliphatic rings. The lowest BCUT2D eigenvalue weighted by molar-refractivity contribution is 0.136. The highest BCUT2D eigenvalue weighted by molar-refractivity contribution is 5.74. The van der Waals surface area contributed by atoms with Crippen molar-refractivity contribution in [3.63, 3.8) is 0 Å². The molecular formula is C13H28N4O. The predicted octanol–water partition coefficient (Wildman–Crippen LogP) is 0.851. The van der Waals surface area contributed by atoms with E-state index < -0.39 is 0 Å². The first-order chi connectivity index (χ1) is 8.63. The topological polar surface area (TPSA) is 61.6 Å². The number of nitrogens with two attached hydrogens (primary N) is 1. The second-order valence-electron chi connectivity index (χ2n) is 5.28. The zero-order chi connectivity index (χ0) is 13.4. The third kappa shape index (κ3) is 5.69. The van der Waals surface area contributed by atoms with Gasteiger partial charge in [0.25, 0.3) is 0 Å². The molecule has 0 aliphatic carbocycles. The van der Waals surface area contributed by atoms with E-state index in [4.69, 9.17) is 5.73 Å². The molecule has 0 aromatic rings. The van der Waals surface area contributed by atoms with E-state index in [1.165, 1.54) is 12.8 Å². The fraction of sp³-hybridized carbons (Fsp3) is 0.923. The lowest BCUT2D eigenvalue weighted by Gasteiger charge is -2.35. The molecule has 5 heteroatoms. The van der Waals surface area contributed by atoms with E-state index in [-0.39, 0.29) is 12.1 Å². The number of nitrogens with one attached hydrogen (secondary N) is 1. The molecule has 0 aromatic carbocycles. The van der Waals surface area contributed by atoms with Gasteiger partial charge in [-0.3, -0.25) is 4.90 Å². The number of rotatable bonds is 6. The van der Waals surface area contributed by atoms with Gasteiger partial charge in [-0.15, -0.1) is 0 Å². The van der Waals surface area contributed by atoms with Crippen LogP contribution < -0.4 is 11.1 Å². The molecular weight excluding hydrogens is 228 g/mol. The summed E-state index contributed by atoms with van der Waals surface area (Å²) in [6.07, 6.45) is 3.55. The average molecular weight is 256 g/mol. The molecule has 0 saturated carbocycles. The first-order valence-corrected chi connectivity index (χ1v) is 7.11. The maximum atomic E-state index is 11.8. The van der Waals surface area contributed by atoms with Crippen molar-refractivity contribution in [2.75, 3.05) is 39.3 Å². The number of piperazine rings is 1. The fourth-order valence-electron chi connectivity index (χ4n) is 2.17. The monoisotopic (exact) mass is 256 g/mol. The van der Waals surface area contributed by atoms with E-state index in [9.17, 15) is 4.79 Å². The van der Waals surface area contributed by atoms with Crippen LogP contribution in [-0.4, -0.2) is 61.1 Å². The Kier molecular flexibility index (Phi) is 7.05. The summed E-state index contributed by atoms with van der Waals surface area (Å²) in [5, 5.41) is 2.94. The third-order valence-corrected chi connectivity index (χ3v) is 3.25. The summed E-state index contributed by atoms with van der Waals surface area (Å²) in [6.45, 7) is 9.59. The first-order valence-electron chi connectivity index (χ1n) is 7.11. The summed E-state index contributed by atoms with van der Waals surface area (Å²) in [5.41, 5.74) is 5.47. The highest BCUT2D eigenvalue weighted by Crippen LogP contribution is 2.05. The number of nitrogens with zero attached hydrogens (tertiary/aromatic N) is 2. The van der Waals surface area contributed by atoms with E-state index in [0.29, 0.717) is 0 Å². The van der Waals surface area contributed by atoms with Crippen LogP contribution in [-0.2, 0) is 0 Å². The Morgan fingerprint density at radius 1 is 1.17 bits per heavy atom. The second-order valence-corrected chi connectivity index (χ2v) is 5.28. The van der Waals surface area contributed by atoms with Crippen LogP contribution in [0.25, 0.3) is 0 Å². The Morgan fingerprint density at radius 3 is 2.39 bits per heavy atom. The van der Waals surface area contributed by atoms with Crippen molar-refractivity contribution in [1.29, 1.82) is 0 Å². The van der Waals surface area contributed by atoms with Crippen LogP contribution in [0.4, 0.5) is 4.79 Å². The van der Waals surface area contributed by atoms with Gasteiger partial charge in [0.2, 0.25) is 0 Å². The van der Waals surface area contributed by atoms with Crippen LogP contribution in [0.1, 0.15) is 33.1 Å². The molecule has 2 amide bonds. The largest absolute Gasteiger partial charge is 0.336 e. The lowest BCUT2D eigenvalue weighted by Crippen LogP contribution is -2.52. The smallest absolute Gasteiger partial charge is 0.317 e. The van der Waals surface area contributed by atoms with Crippen molar-refractivity contribution >= 4 is 6.03 Å². The van der Waals surface area contributed by atoms with Crippen molar-refractivity contribution < 1.29 is 4.79 Å². The van der Waals surface area contributed by atoms with Gasteiger partial charge in [0.05, 0.1) is 0 Å². The molecule has 0 bridgehead atoms. The molecule has 18 heavy (non-hydrogen) atoms. The maximum absolute atomic E-state index is 11.8. The predicted molar refractivity (Wildman–Crippen MR) is 74.6 cm³/mol. The van der Waals surface area contributed by atoms with Crippen molar-refractivity contribution in [2.24, 2.45) is 5.73 Å². The van der Waals surface area contributed by atoms with Crippen LogP contribution >= 0.6 is 0 Å². The van der Waals surface area contributed by atoms with Gasteiger partial charge in [-0.1, -0.05) is 6.42 Å². The average Bonchev–Trinajstić information content (AvgIpc) is 2.34. The molecule has 0 unspecified atom stereocenters. The normalized spacial score (nSPS) is 17.2. The van der Waals surface area contributed by atoms with Gasteiger partial charge < -0.3 is 16.0 Å². The van der Waals surface area contributed by atoms with Crippen molar-refractivity contribution in [2.45, 2.75) is 39.2 Å². The fourth-order valence-corrected chi connectivity index (χ4v) is 2.17. The molecule has 0 spiro atoms. The molecule has 0 atom stereocenters. The Balaban J connectivity index is 2.14. The van der Waals surface area contributed by atoms with Gasteiger partial charge in [0.15, 0.2) is 0 Å². The minimum Gasteiger partial charge on any atom is -0.336 e. The number of unbranched alkanes of at least 4 members (excludes halogenated alkanes) is 2. The molecule has 1 fully saturated rings. The second kappa shape index (κ2) is 8.32. The Bertz CT molecular complexity index is 237. The van der Waals surface area contributed by atoms with Gasteiger partial charge in [-0.05, 0) is 39.8 Å². The van der Waals surface area contributed by atoms with Gasteiger partial charge in [0.1, 0.15) is 0 Å². The maximum Gasteiger partial charge on any atom is 0.317 e. The van der Waals surface area contributed by atoms with Gasteiger partial charge in [-0.2, -0.15) is 0 Å². The van der Waals surface area contributed by atoms with E-state index in [0.717, 1.165) is 45.7 Å². The van der Waals surface area contributed by atoms with E-state index >= 15 is 0 Å². The highest BCUT2D eigenvalue weighted by atomic mass is 16.2. The van der Waals surface area contributed by atoms with Crippen molar-refractivity contribution in [3.05, 3.63) is 0 Å². The van der Waals surface area contributed by atoms with Gasteiger partial charge in [-0.25, -0.2) is 4.79 Å². The van der Waals surface area contributed by atoms with Gasteiger partial charge >= 0.3 is 6.03 Å². The van der Waals surface area contributed by atoms with Crippen LogP contribution in [0.15, 0.2) is 0 Å². The third-order valence-electron chi connectivity index (χ3n) is 3.25. The molecule has 3 N–H and O–H groups in total. The van der Waals surface area contributed by atoms with E-state index in [1.54, 1.807) is 0 Å². The summed E-state index contributed by atoms with van der Waals surface area (Å²) in [5.74, 6) is 0. The Labute approximate surface area is 111 Å². The summed E-state index contributed by atoms with van der Waals surface area (Å²) < 4.78 is 0. The minimum atomic E-state index is 0.0766. The molecule has 106 valence electrons. The van der Waals surface area contributed by atoms with Crippen LogP contribution in [0.2, 0.25) is 0 Å². The van der Waals surface area contributed by atoms with Crippen LogP contribution in [0.3, 0.4) is 0 Å². The van der Waals surface area contributed by atoms with E-state index in [1.807, 2.05) is 18.7 Å². The minimum absolute atomic E-state index is 0.0766. The summed E-state index contributed by atoms with van der Waals surface area (Å²) in [7, 11) is 0. The number of hydrogen-bond donors (Lipinski definition) is 2. The molecule has 5 nitrogen and oxygen atoms in total. The van der Waals surface area contributed by atoms with Crippen molar-refractivity contribution in [1.82, 2.24) is 15.1 Å². The number of carbonyl (C=O) groups is 1. The zero-order valence-corrected chi connectivity index (χ0v) is 11.8. The standard InChI is InChI=1S/C13H28N4O/c1-12(2)15-13(18)17-10-8-16(9-11-17)7-5-3-4-6-14/h12H,3-11,14H2,1-2H3,(H,15,18). The Morgan fingerprint density at radius 2 is 1.83 bits per heavy atom. The zero-order valence-electron chi connectivity index (χ0n) is 11.8. The Hall–Kier alpha value is -0.810. The summed E-state index contributed by atoms with van der Waals surface area (Å²) in [6, 6.07) is 0.291. The highest BCUT2D eigenvalue weighted by Gasteiger charge is 2.20.